The molecular weight excluding hydrogens is 782 g/mol. The maximum absolute atomic E-state index is 13.9. The van der Waals surface area contributed by atoms with Gasteiger partial charge in [-0.2, -0.15) is 0 Å². The van der Waals surface area contributed by atoms with Crippen LogP contribution in [0.5, 0.6) is 5.75 Å². The van der Waals surface area contributed by atoms with Gasteiger partial charge in [-0.25, -0.2) is 9.88 Å². The molecule has 14 heteroatoms. The van der Waals surface area contributed by atoms with Gasteiger partial charge in [0, 0.05) is 50.0 Å². The van der Waals surface area contributed by atoms with E-state index in [-0.39, 0.29) is 95.7 Å². The molecule has 5 N–H and O–H groups in total. The molecular formula is C43H63N4O9Zn-. The van der Waals surface area contributed by atoms with Crippen LogP contribution >= 0.6 is 0 Å². The minimum absolute atomic E-state index is 0. The molecule has 5 rings (SSSR count). The Kier molecular flexibility index (Phi) is 19.5. The molecule has 1 amide bonds. The molecule has 312 valence electrons. The second-order valence-corrected chi connectivity index (χ2v) is 15.9. The molecule has 0 spiro atoms. The van der Waals surface area contributed by atoms with Crippen molar-refractivity contribution >= 4 is 35.1 Å². The van der Waals surface area contributed by atoms with E-state index in [2.05, 4.69) is 57.2 Å². The summed E-state index contributed by atoms with van der Waals surface area (Å²) in [5, 5.41) is 10.2. The van der Waals surface area contributed by atoms with Crippen LogP contribution in [0.1, 0.15) is 112 Å². The summed E-state index contributed by atoms with van der Waals surface area (Å²) in [7, 11) is 0. The Bertz CT molecular complexity index is 1750. The number of amides is 1. The molecule has 2 fully saturated rings. The van der Waals surface area contributed by atoms with E-state index in [0.717, 1.165) is 31.2 Å². The number of esters is 2. The summed E-state index contributed by atoms with van der Waals surface area (Å²) in [6.07, 6.45) is 3.82. The number of benzene rings is 1. The normalized spacial score (nSPS) is 26.4. The number of nitrogens with one attached hydrogen (secondary N) is 2. The van der Waals surface area contributed by atoms with Gasteiger partial charge in [-0.05, 0) is 106 Å². The number of carbonyl (C=O) groups excluding carboxylic acids is 3. The standard InChI is InChI=1S/C41H56N4O6.C2H6O2.H2O.Zn/c1-11-49-45-39-37(51-41(48)32-25(6)19-22(3)20-26(32)7)28(9)35(44-39)33(30-15-13-12-14-16-30)34-27(8)36(38(43-34)42-29(10)46)50-40(47)31-23(4)17-21(2)18-24(31)5;1-2-4-3;;/h12-16,21-26,31-32H,11,17-20H2,1-10H3,(H3,42,43,44,45,46);3H,2H2,1H3;1H2;/p-1. The van der Waals surface area contributed by atoms with Crippen LogP contribution in [0.2, 0.25) is 0 Å². The van der Waals surface area contributed by atoms with E-state index in [1.165, 1.54) is 6.92 Å². The maximum atomic E-state index is 13.9. The Morgan fingerprint density at radius 1 is 0.825 bits per heavy atom. The summed E-state index contributed by atoms with van der Waals surface area (Å²) in [5.74, 6) is 1.26. The van der Waals surface area contributed by atoms with Crippen molar-refractivity contribution < 1.29 is 63.8 Å². The molecule has 4 atom stereocenters. The van der Waals surface area contributed by atoms with Gasteiger partial charge in [0.15, 0.2) is 11.6 Å². The molecule has 13 nitrogen and oxygen atoms in total. The van der Waals surface area contributed by atoms with E-state index in [1.807, 2.05) is 51.1 Å². The summed E-state index contributed by atoms with van der Waals surface area (Å²) in [6.45, 7) is 22.3. The predicted molar refractivity (Wildman–Crippen MR) is 216 cm³/mol. The van der Waals surface area contributed by atoms with Gasteiger partial charge in [0.05, 0.1) is 24.1 Å². The molecule has 0 saturated heterocycles. The van der Waals surface area contributed by atoms with Gasteiger partial charge >= 0.3 is 11.9 Å². The number of ether oxygens (including phenoxy) is 2. The largest absolute Gasteiger partial charge is 0.431 e. The quantitative estimate of drug-likeness (QED) is 0.0927. The topological polar surface area (TPSA) is 190 Å². The number of carbonyl (C=O) groups is 3. The number of amidine groups is 1. The van der Waals surface area contributed by atoms with Crippen LogP contribution in [-0.2, 0) is 48.3 Å². The molecule has 0 bridgehead atoms. The van der Waals surface area contributed by atoms with Crippen LogP contribution in [0.25, 0.3) is 5.57 Å². The Morgan fingerprint density at radius 2 is 1.32 bits per heavy atom. The van der Waals surface area contributed by atoms with E-state index < -0.39 is 0 Å². The van der Waals surface area contributed by atoms with Crippen LogP contribution in [0.15, 0.2) is 52.4 Å². The van der Waals surface area contributed by atoms with Crippen molar-refractivity contribution in [1.82, 2.24) is 10.3 Å². The number of allylic oxidation sites excluding steroid dienone is 1. The fourth-order valence-electron chi connectivity index (χ4n) is 8.96. The third-order valence-electron chi connectivity index (χ3n) is 11.0. The molecule has 2 saturated carbocycles. The van der Waals surface area contributed by atoms with Crippen molar-refractivity contribution in [2.24, 2.45) is 52.3 Å². The van der Waals surface area contributed by atoms with Crippen molar-refractivity contribution in [3.8, 4) is 5.75 Å². The van der Waals surface area contributed by atoms with Crippen LogP contribution in [-0.4, -0.2) is 47.6 Å². The smallest absolute Gasteiger partial charge is 0.315 e. The average molecular weight is 845 g/mol. The number of aromatic nitrogens is 1. The molecule has 4 unspecified atom stereocenters. The van der Waals surface area contributed by atoms with Gasteiger partial charge in [-0.1, -0.05) is 71.9 Å². The monoisotopic (exact) mass is 843 g/mol. The van der Waals surface area contributed by atoms with Crippen LogP contribution in [0.3, 0.4) is 0 Å². The Labute approximate surface area is 350 Å². The molecule has 2 aromatic rings. The number of aliphatic imine (C=N–C) groups is 1. The van der Waals surface area contributed by atoms with E-state index >= 15 is 0 Å². The second-order valence-electron chi connectivity index (χ2n) is 15.9. The molecule has 0 radical (unpaired) electrons. The van der Waals surface area contributed by atoms with Gasteiger partial charge in [0.25, 0.3) is 0 Å². The zero-order valence-corrected chi connectivity index (χ0v) is 38.6. The molecule has 2 heterocycles. The number of rotatable bonds is 10. The maximum Gasteiger partial charge on any atom is 0.315 e. The van der Waals surface area contributed by atoms with Gasteiger partial charge < -0.3 is 35.6 Å². The van der Waals surface area contributed by atoms with Crippen LogP contribution in [0, 0.1) is 54.3 Å². The summed E-state index contributed by atoms with van der Waals surface area (Å²) < 4.78 is 12.5. The number of hydrogen-bond acceptors (Lipinski definition) is 10. The Hall–Kier alpha value is -3.68. The zero-order valence-electron chi connectivity index (χ0n) is 35.7. The van der Waals surface area contributed by atoms with Crippen LogP contribution < -0.4 is 20.5 Å². The van der Waals surface area contributed by atoms with E-state index in [1.54, 1.807) is 6.92 Å². The van der Waals surface area contributed by atoms with Crippen LogP contribution in [0.4, 0.5) is 5.82 Å². The first kappa shape index (κ1) is 49.5. The average Bonchev–Trinajstić information content (AvgIpc) is 3.57. The van der Waals surface area contributed by atoms with Gasteiger partial charge in [0.1, 0.15) is 5.75 Å². The van der Waals surface area contributed by atoms with Crippen molar-refractivity contribution in [2.45, 2.75) is 102 Å². The SMILES string of the molecule is CCONc1[n-]c(/C(=C2\N=C(NC(C)=O)C(OC(=O)C3C(C)CC(C)CC3C)=C2C)c2ccccc2)c(C)c1OC(=O)C1C(C)CC(C)CC1C.CCOO.O.[Zn]. The fourth-order valence-corrected chi connectivity index (χ4v) is 8.96. The molecule has 3 aliphatic rings. The van der Waals surface area contributed by atoms with Crippen molar-refractivity contribution in [3.63, 3.8) is 0 Å². The van der Waals surface area contributed by atoms with E-state index in [9.17, 15) is 14.4 Å². The zero-order chi connectivity index (χ0) is 40.6. The molecule has 1 aromatic heterocycles. The summed E-state index contributed by atoms with van der Waals surface area (Å²) >= 11 is 0. The van der Waals surface area contributed by atoms with Crippen molar-refractivity contribution in [3.05, 3.63) is 64.2 Å². The van der Waals surface area contributed by atoms with E-state index in [4.69, 9.17) is 29.5 Å². The number of anilines is 1. The van der Waals surface area contributed by atoms with Gasteiger partial charge in [-0.15, -0.1) is 0 Å². The predicted octanol–water partition coefficient (Wildman–Crippen LogP) is 7.65. The van der Waals surface area contributed by atoms with Crippen molar-refractivity contribution in [2.75, 3.05) is 18.7 Å². The minimum atomic E-state index is -0.341. The molecule has 2 aliphatic carbocycles. The molecule has 1 aromatic carbocycles. The summed E-state index contributed by atoms with van der Waals surface area (Å²) in [5.41, 5.74) is 6.52. The fraction of sp³-hybridized carbons (Fsp3) is 0.581. The first-order valence-corrected chi connectivity index (χ1v) is 19.8. The number of hydrogen-bond donors (Lipinski definition) is 3. The third kappa shape index (κ3) is 11.9. The summed E-state index contributed by atoms with van der Waals surface area (Å²) in [4.78, 5) is 59.2. The first-order valence-electron chi connectivity index (χ1n) is 19.8. The Balaban J connectivity index is 0.00000178. The molecule has 1 aliphatic heterocycles. The van der Waals surface area contributed by atoms with Crippen molar-refractivity contribution in [1.29, 1.82) is 0 Å². The minimum Gasteiger partial charge on any atom is -0.431 e. The second kappa shape index (κ2) is 22.5. The van der Waals surface area contributed by atoms with Gasteiger partial charge in [-0.3, -0.25) is 19.6 Å². The first-order chi connectivity index (χ1) is 26.1. The molecule has 57 heavy (non-hydrogen) atoms. The Morgan fingerprint density at radius 3 is 1.77 bits per heavy atom. The number of nitrogens with zero attached hydrogens (tertiary/aromatic N) is 2. The van der Waals surface area contributed by atoms with Gasteiger partial charge in [0.2, 0.25) is 5.91 Å². The third-order valence-corrected chi connectivity index (χ3v) is 11.0. The van der Waals surface area contributed by atoms with E-state index in [0.29, 0.717) is 58.9 Å². The summed E-state index contributed by atoms with van der Waals surface area (Å²) in [6, 6.07) is 9.65.